The number of hydrogen-bond acceptors (Lipinski definition) is 5. The van der Waals surface area contributed by atoms with Crippen LogP contribution < -0.4 is 10.5 Å². The van der Waals surface area contributed by atoms with Crippen molar-refractivity contribution in [1.29, 1.82) is 0 Å². The molecule has 1 aliphatic heterocycles. The van der Waals surface area contributed by atoms with E-state index in [2.05, 4.69) is 9.71 Å². The zero-order valence-corrected chi connectivity index (χ0v) is 10.8. The summed E-state index contributed by atoms with van der Waals surface area (Å²) >= 11 is 0. The van der Waals surface area contributed by atoms with E-state index in [9.17, 15) is 12.8 Å². The Labute approximate surface area is 110 Å². The maximum atomic E-state index is 13.5. The van der Waals surface area contributed by atoms with Crippen LogP contribution in [0, 0.1) is 11.7 Å². The van der Waals surface area contributed by atoms with Gasteiger partial charge in [-0.2, -0.15) is 0 Å². The number of aromatic nitrogens is 1. The van der Waals surface area contributed by atoms with Crippen molar-refractivity contribution in [3.8, 4) is 0 Å². The molecule has 4 atom stereocenters. The number of nitrogens with two attached hydrogens (primary N) is 1. The Balaban J connectivity index is 1.81. The Morgan fingerprint density at radius 3 is 3.05 bits per heavy atom. The minimum atomic E-state index is -4.02. The van der Waals surface area contributed by atoms with Crippen molar-refractivity contribution >= 4 is 10.0 Å². The number of hydrogen-bond donors (Lipinski definition) is 2. The molecule has 0 spiro atoms. The first kappa shape index (κ1) is 12.9. The zero-order chi connectivity index (χ0) is 13.6. The minimum absolute atomic E-state index is 0.182. The van der Waals surface area contributed by atoms with Crippen molar-refractivity contribution in [3.05, 3.63) is 24.1 Å². The summed E-state index contributed by atoms with van der Waals surface area (Å²) < 4.78 is 45.4. The average Bonchev–Trinajstić information content (AvgIpc) is 2.81. The Morgan fingerprint density at radius 1 is 1.53 bits per heavy atom. The smallest absolute Gasteiger partial charge is 0.261 e. The molecule has 0 aromatic carbocycles. The first-order chi connectivity index (χ1) is 9.00. The van der Waals surface area contributed by atoms with Crippen LogP contribution >= 0.6 is 0 Å². The van der Waals surface area contributed by atoms with Gasteiger partial charge in [0.15, 0.2) is 5.82 Å². The van der Waals surface area contributed by atoms with Gasteiger partial charge in [-0.15, -0.1) is 0 Å². The van der Waals surface area contributed by atoms with Gasteiger partial charge in [-0.25, -0.2) is 22.5 Å². The van der Waals surface area contributed by atoms with Gasteiger partial charge in [-0.1, -0.05) is 0 Å². The lowest BCUT2D eigenvalue weighted by atomic mass is 9.73. The van der Waals surface area contributed by atoms with Gasteiger partial charge in [-0.05, 0) is 18.6 Å². The molecule has 2 aliphatic rings. The molecule has 1 aromatic rings. The summed E-state index contributed by atoms with van der Waals surface area (Å²) in [6, 6.07) is 1.57. The van der Waals surface area contributed by atoms with E-state index in [0.29, 0.717) is 6.61 Å². The van der Waals surface area contributed by atoms with Crippen LogP contribution in [0.5, 0.6) is 0 Å². The van der Waals surface area contributed by atoms with Crippen LogP contribution in [0.1, 0.15) is 6.42 Å². The van der Waals surface area contributed by atoms with Crippen molar-refractivity contribution in [3.63, 3.8) is 0 Å². The van der Waals surface area contributed by atoms with Gasteiger partial charge in [0.1, 0.15) is 0 Å². The number of halogens is 1. The van der Waals surface area contributed by atoms with E-state index in [-0.39, 0.29) is 18.1 Å². The Kier molecular flexibility index (Phi) is 3.05. The quantitative estimate of drug-likeness (QED) is 0.790. The average molecular weight is 287 g/mol. The highest BCUT2D eigenvalue weighted by Crippen LogP contribution is 2.38. The van der Waals surface area contributed by atoms with Crippen molar-refractivity contribution < 1.29 is 17.5 Å². The van der Waals surface area contributed by atoms with Crippen LogP contribution in [-0.2, 0) is 14.8 Å². The van der Waals surface area contributed by atoms with Gasteiger partial charge in [0.05, 0.1) is 12.1 Å². The molecule has 3 N–H and O–H groups in total. The van der Waals surface area contributed by atoms with Gasteiger partial charge < -0.3 is 10.5 Å². The van der Waals surface area contributed by atoms with Crippen LogP contribution in [-0.4, -0.2) is 38.2 Å². The van der Waals surface area contributed by atoms with E-state index in [1.165, 1.54) is 12.3 Å². The highest BCUT2D eigenvalue weighted by atomic mass is 32.2. The van der Waals surface area contributed by atoms with E-state index < -0.39 is 26.9 Å². The molecule has 1 saturated heterocycles. The van der Waals surface area contributed by atoms with Crippen molar-refractivity contribution in [1.82, 2.24) is 9.71 Å². The predicted octanol–water partition coefficient (Wildman–Crippen LogP) is -0.386. The number of pyridine rings is 1. The Morgan fingerprint density at radius 2 is 2.32 bits per heavy atom. The lowest BCUT2D eigenvalue weighted by Gasteiger charge is -2.45. The summed E-state index contributed by atoms with van der Waals surface area (Å²) in [6.07, 6.45) is 1.85. The van der Waals surface area contributed by atoms with Gasteiger partial charge >= 0.3 is 0 Å². The number of sulfonamides is 1. The topological polar surface area (TPSA) is 94.3 Å². The molecule has 19 heavy (non-hydrogen) atoms. The SMILES string of the molecule is NC1C2CCOC2C1NS(=O)(=O)c1ncccc1F. The predicted molar refractivity (Wildman–Crippen MR) is 64.1 cm³/mol. The normalized spacial score (nSPS) is 33.8. The number of rotatable bonds is 3. The van der Waals surface area contributed by atoms with Crippen LogP contribution in [0.3, 0.4) is 0 Å². The molecule has 6 nitrogen and oxygen atoms in total. The standard InChI is InChI=1S/C11H14FN3O3S/c12-7-2-1-4-14-11(7)19(16,17)15-9-8(13)6-3-5-18-10(6)9/h1-2,4,6,8-10,15H,3,5,13H2. The maximum absolute atomic E-state index is 13.5. The number of ether oxygens (including phenoxy) is 1. The second-order valence-corrected chi connectivity index (χ2v) is 6.43. The third-order valence-corrected chi connectivity index (χ3v) is 5.11. The van der Waals surface area contributed by atoms with Gasteiger partial charge in [0.2, 0.25) is 5.03 Å². The summed E-state index contributed by atoms with van der Waals surface area (Å²) in [5.41, 5.74) is 5.91. The fourth-order valence-corrected chi connectivity index (χ4v) is 3.98. The third-order valence-electron chi connectivity index (χ3n) is 3.72. The van der Waals surface area contributed by atoms with Crippen LogP contribution in [0.25, 0.3) is 0 Å². The van der Waals surface area contributed by atoms with Crippen molar-refractivity contribution in [2.24, 2.45) is 11.7 Å². The van der Waals surface area contributed by atoms with Crippen LogP contribution in [0.2, 0.25) is 0 Å². The van der Waals surface area contributed by atoms with Gasteiger partial charge in [0.25, 0.3) is 10.0 Å². The zero-order valence-electron chi connectivity index (χ0n) is 9.99. The first-order valence-electron chi connectivity index (χ1n) is 6.01. The molecule has 0 bridgehead atoms. The minimum Gasteiger partial charge on any atom is -0.376 e. The summed E-state index contributed by atoms with van der Waals surface area (Å²) in [5.74, 6) is -0.701. The first-order valence-corrected chi connectivity index (χ1v) is 7.49. The second-order valence-electron chi connectivity index (χ2n) is 4.80. The van der Waals surface area contributed by atoms with E-state index in [1.807, 2.05) is 0 Å². The molecular formula is C11H14FN3O3S. The molecule has 1 saturated carbocycles. The monoisotopic (exact) mass is 287 g/mol. The van der Waals surface area contributed by atoms with E-state index >= 15 is 0 Å². The maximum Gasteiger partial charge on any atom is 0.261 e. The molecule has 1 aromatic heterocycles. The summed E-state index contributed by atoms with van der Waals surface area (Å²) in [6.45, 7) is 0.583. The Bertz CT molecular complexity index is 595. The molecule has 2 fully saturated rings. The highest BCUT2D eigenvalue weighted by molar-refractivity contribution is 7.89. The lowest BCUT2D eigenvalue weighted by Crippen LogP contribution is -2.68. The fourth-order valence-electron chi connectivity index (χ4n) is 2.70. The molecule has 8 heteroatoms. The van der Waals surface area contributed by atoms with Gasteiger partial charge in [0, 0.05) is 24.8 Å². The number of fused-ring (bicyclic) bond motifs is 1. The summed E-state index contributed by atoms with van der Waals surface area (Å²) in [5, 5.41) is -0.608. The molecule has 2 heterocycles. The second kappa shape index (κ2) is 4.48. The molecule has 3 rings (SSSR count). The fraction of sp³-hybridized carbons (Fsp3) is 0.545. The van der Waals surface area contributed by atoms with Crippen molar-refractivity contribution in [2.75, 3.05) is 6.61 Å². The molecule has 1 aliphatic carbocycles. The van der Waals surface area contributed by atoms with Gasteiger partial charge in [-0.3, -0.25) is 0 Å². The largest absolute Gasteiger partial charge is 0.376 e. The number of nitrogens with one attached hydrogen (secondary N) is 1. The Hall–Kier alpha value is -1.09. The van der Waals surface area contributed by atoms with E-state index in [4.69, 9.17) is 10.5 Å². The summed E-state index contributed by atoms with van der Waals surface area (Å²) in [7, 11) is -4.02. The van der Waals surface area contributed by atoms with Crippen LogP contribution in [0.15, 0.2) is 23.4 Å². The van der Waals surface area contributed by atoms with Crippen molar-refractivity contribution in [2.45, 2.75) is 29.6 Å². The molecule has 104 valence electrons. The third kappa shape index (κ3) is 2.04. The van der Waals surface area contributed by atoms with Crippen LogP contribution in [0.4, 0.5) is 4.39 Å². The lowest BCUT2D eigenvalue weighted by molar-refractivity contribution is -0.00928. The molecular weight excluding hydrogens is 273 g/mol. The summed E-state index contributed by atoms with van der Waals surface area (Å²) in [4.78, 5) is 3.56. The molecule has 0 radical (unpaired) electrons. The number of nitrogens with zero attached hydrogens (tertiary/aromatic N) is 1. The van der Waals surface area contributed by atoms with E-state index in [0.717, 1.165) is 12.5 Å². The molecule has 4 unspecified atom stereocenters. The van der Waals surface area contributed by atoms with E-state index in [1.54, 1.807) is 0 Å². The highest BCUT2D eigenvalue weighted by Gasteiger charge is 2.53. The molecule has 0 amide bonds.